The Morgan fingerprint density at radius 3 is 2.04 bits per heavy atom. The standard InChI is InChI=1S/C22H40O4/c1-2-3-17-25-21(23)22(19-26-22)16-13-18-24-20-14-11-9-7-5-4-6-8-10-12-15-20/h20H,2-19H2,1H3. The smallest absolute Gasteiger partial charge is 0.340 e. The molecule has 0 bridgehead atoms. The molecule has 1 heterocycles. The van der Waals surface area contributed by atoms with Crippen LogP contribution in [0.15, 0.2) is 0 Å². The lowest BCUT2D eigenvalue weighted by Gasteiger charge is -2.19. The Bertz CT molecular complexity index is 366. The minimum Gasteiger partial charge on any atom is -0.463 e. The molecule has 2 aliphatic rings. The van der Waals surface area contributed by atoms with Gasteiger partial charge in [-0.15, -0.1) is 0 Å². The lowest BCUT2D eigenvalue weighted by atomic mass is 9.99. The first-order chi connectivity index (χ1) is 12.8. The van der Waals surface area contributed by atoms with Crippen LogP contribution in [-0.4, -0.2) is 37.5 Å². The third-order valence-electron chi connectivity index (χ3n) is 5.73. The molecule has 4 heteroatoms. The first kappa shape index (κ1) is 21.7. The maximum atomic E-state index is 12.1. The molecule has 0 aromatic rings. The monoisotopic (exact) mass is 368 g/mol. The van der Waals surface area contributed by atoms with Gasteiger partial charge in [0, 0.05) is 6.61 Å². The van der Waals surface area contributed by atoms with E-state index >= 15 is 0 Å². The predicted molar refractivity (Wildman–Crippen MR) is 104 cm³/mol. The zero-order chi connectivity index (χ0) is 18.5. The summed E-state index contributed by atoms with van der Waals surface area (Å²) in [4.78, 5) is 12.1. The second-order valence-corrected chi connectivity index (χ2v) is 8.13. The van der Waals surface area contributed by atoms with Gasteiger partial charge in [0.2, 0.25) is 0 Å². The predicted octanol–water partition coefficient (Wildman–Crippen LogP) is 5.57. The minimum absolute atomic E-state index is 0.169. The Kier molecular flexibility index (Phi) is 10.6. The van der Waals surface area contributed by atoms with Crippen LogP contribution in [0.5, 0.6) is 0 Å². The van der Waals surface area contributed by atoms with Crippen LogP contribution in [-0.2, 0) is 19.0 Å². The van der Waals surface area contributed by atoms with Crippen LogP contribution >= 0.6 is 0 Å². The van der Waals surface area contributed by atoms with Gasteiger partial charge in [0.1, 0.15) is 0 Å². The van der Waals surface area contributed by atoms with Crippen molar-refractivity contribution >= 4 is 5.97 Å². The summed E-state index contributed by atoms with van der Waals surface area (Å²) in [7, 11) is 0. The van der Waals surface area contributed by atoms with Crippen molar-refractivity contribution in [2.45, 2.75) is 115 Å². The maximum Gasteiger partial charge on any atom is 0.340 e. The fraction of sp³-hybridized carbons (Fsp3) is 0.955. The number of epoxide rings is 1. The second kappa shape index (κ2) is 12.7. The molecule has 1 atom stereocenters. The normalized spacial score (nSPS) is 25.9. The highest BCUT2D eigenvalue weighted by Crippen LogP contribution is 2.34. The molecule has 26 heavy (non-hydrogen) atoms. The Labute approximate surface area is 160 Å². The summed E-state index contributed by atoms with van der Waals surface area (Å²) in [5.41, 5.74) is -0.649. The fourth-order valence-electron chi connectivity index (χ4n) is 3.79. The molecule has 0 aromatic heterocycles. The summed E-state index contributed by atoms with van der Waals surface area (Å²) in [6, 6.07) is 0. The van der Waals surface area contributed by atoms with E-state index in [-0.39, 0.29) is 5.97 Å². The molecular formula is C22H40O4. The molecule has 0 spiro atoms. The van der Waals surface area contributed by atoms with E-state index in [1.807, 2.05) is 0 Å². The first-order valence-electron chi connectivity index (χ1n) is 11.2. The Balaban J connectivity index is 1.61. The van der Waals surface area contributed by atoms with Gasteiger partial charge in [0.25, 0.3) is 0 Å². The third kappa shape index (κ3) is 8.39. The Hall–Kier alpha value is -0.610. The van der Waals surface area contributed by atoms with Crippen molar-refractivity contribution < 1.29 is 19.0 Å². The zero-order valence-electron chi connectivity index (χ0n) is 16.9. The molecule has 0 N–H and O–H groups in total. The highest BCUT2D eigenvalue weighted by molar-refractivity contribution is 5.82. The van der Waals surface area contributed by atoms with Crippen molar-refractivity contribution in [2.24, 2.45) is 0 Å². The highest BCUT2D eigenvalue weighted by atomic mass is 16.6. The number of rotatable bonds is 9. The maximum absolute atomic E-state index is 12.1. The molecule has 4 nitrogen and oxygen atoms in total. The number of carbonyl (C=O) groups is 1. The van der Waals surface area contributed by atoms with Gasteiger partial charge in [0.15, 0.2) is 5.60 Å². The van der Waals surface area contributed by atoms with E-state index in [0.717, 1.165) is 32.3 Å². The lowest BCUT2D eigenvalue weighted by Crippen LogP contribution is -2.28. The molecule has 1 aliphatic heterocycles. The van der Waals surface area contributed by atoms with Crippen LogP contribution in [0.4, 0.5) is 0 Å². The Morgan fingerprint density at radius 2 is 1.50 bits per heavy atom. The van der Waals surface area contributed by atoms with Gasteiger partial charge in [-0.1, -0.05) is 71.1 Å². The van der Waals surface area contributed by atoms with E-state index in [9.17, 15) is 4.79 Å². The number of hydrogen-bond acceptors (Lipinski definition) is 4. The van der Waals surface area contributed by atoms with Crippen LogP contribution in [0.25, 0.3) is 0 Å². The average molecular weight is 369 g/mol. The lowest BCUT2D eigenvalue weighted by molar-refractivity contribution is -0.150. The molecule has 1 saturated heterocycles. The van der Waals surface area contributed by atoms with Crippen molar-refractivity contribution in [3.05, 3.63) is 0 Å². The van der Waals surface area contributed by atoms with Gasteiger partial charge < -0.3 is 14.2 Å². The zero-order valence-corrected chi connectivity index (χ0v) is 16.9. The van der Waals surface area contributed by atoms with Gasteiger partial charge in [-0.25, -0.2) is 4.79 Å². The van der Waals surface area contributed by atoms with E-state index in [1.165, 1.54) is 70.6 Å². The van der Waals surface area contributed by atoms with Crippen LogP contribution in [0.3, 0.4) is 0 Å². The Morgan fingerprint density at radius 1 is 0.923 bits per heavy atom. The topological polar surface area (TPSA) is 48.1 Å². The van der Waals surface area contributed by atoms with Crippen LogP contribution < -0.4 is 0 Å². The molecule has 1 unspecified atom stereocenters. The highest BCUT2D eigenvalue weighted by Gasteiger charge is 2.53. The summed E-state index contributed by atoms with van der Waals surface area (Å²) < 4.78 is 17.0. The second-order valence-electron chi connectivity index (χ2n) is 8.13. The van der Waals surface area contributed by atoms with Crippen LogP contribution in [0, 0.1) is 0 Å². The van der Waals surface area contributed by atoms with Crippen molar-refractivity contribution in [3.63, 3.8) is 0 Å². The molecule has 0 amide bonds. The van der Waals surface area contributed by atoms with E-state index in [0.29, 0.717) is 19.3 Å². The summed E-state index contributed by atoms with van der Waals surface area (Å²) in [5, 5.41) is 0. The first-order valence-corrected chi connectivity index (χ1v) is 11.2. The largest absolute Gasteiger partial charge is 0.463 e. The van der Waals surface area contributed by atoms with Crippen molar-refractivity contribution in [1.82, 2.24) is 0 Å². The van der Waals surface area contributed by atoms with E-state index in [4.69, 9.17) is 14.2 Å². The number of ether oxygens (including phenoxy) is 3. The minimum atomic E-state index is -0.649. The van der Waals surface area contributed by atoms with Gasteiger partial charge in [0.05, 0.1) is 19.3 Å². The van der Waals surface area contributed by atoms with Crippen LogP contribution in [0.2, 0.25) is 0 Å². The van der Waals surface area contributed by atoms with E-state index in [1.54, 1.807) is 0 Å². The summed E-state index contributed by atoms with van der Waals surface area (Å²) >= 11 is 0. The summed E-state index contributed by atoms with van der Waals surface area (Å²) in [6.45, 7) is 3.86. The number of esters is 1. The molecule has 2 fully saturated rings. The quantitative estimate of drug-likeness (QED) is 0.303. The molecule has 1 aliphatic carbocycles. The van der Waals surface area contributed by atoms with Crippen molar-refractivity contribution in [3.8, 4) is 0 Å². The SMILES string of the molecule is CCCCOC(=O)C1(CCCOC2CCCCCCCCCCC2)CO1. The summed E-state index contributed by atoms with van der Waals surface area (Å²) in [5.74, 6) is -0.169. The van der Waals surface area contributed by atoms with Gasteiger partial charge >= 0.3 is 5.97 Å². The molecule has 1 saturated carbocycles. The van der Waals surface area contributed by atoms with Crippen molar-refractivity contribution in [2.75, 3.05) is 19.8 Å². The fourth-order valence-corrected chi connectivity index (χ4v) is 3.79. The van der Waals surface area contributed by atoms with Gasteiger partial charge in [-0.05, 0) is 32.1 Å². The van der Waals surface area contributed by atoms with E-state index < -0.39 is 5.60 Å². The number of unbranched alkanes of at least 4 members (excludes halogenated alkanes) is 1. The number of hydrogen-bond donors (Lipinski definition) is 0. The molecular weight excluding hydrogens is 328 g/mol. The molecule has 152 valence electrons. The van der Waals surface area contributed by atoms with E-state index in [2.05, 4.69) is 6.92 Å². The van der Waals surface area contributed by atoms with Gasteiger partial charge in [-0.3, -0.25) is 0 Å². The summed E-state index contributed by atoms with van der Waals surface area (Å²) in [6.07, 6.45) is 18.6. The van der Waals surface area contributed by atoms with Gasteiger partial charge in [-0.2, -0.15) is 0 Å². The molecule has 0 aromatic carbocycles. The number of carbonyl (C=O) groups excluding carboxylic acids is 1. The molecule has 0 radical (unpaired) electrons. The van der Waals surface area contributed by atoms with Crippen LogP contribution in [0.1, 0.15) is 103 Å². The van der Waals surface area contributed by atoms with Crippen molar-refractivity contribution in [1.29, 1.82) is 0 Å². The third-order valence-corrected chi connectivity index (χ3v) is 5.73. The molecule has 2 rings (SSSR count). The average Bonchev–Trinajstić information content (AvgIpc) is 3.42.